The maximum Gasteiger partial charge on any atom is 0.308 e. The molecule has 0 aromatic carbocycles. The van der Waals surface area contributed by atoms with Gasteiger partial charge in [-0.05, 0) is 20.8 Å². The first-order chi connectivity index (χ1) is 5.45. The van der Waals surface area contributed by atoms with Crippen molar-refractivity contribution in [1.29, 1.82) is 0 Å². The maximum absolute atomic E-state index is 11.0. The summed E-state index contributed by atoms with van der Waals surface area (Å²) in [6, 6.07) is 0. The van der Waals surface area contributed by atoms with Gasteiger partial charge in [0.15, 0.2) is 0 Å². The fourth-order valence-electron chi connectivity index (χ4n) is 0.626. The van der Waals surface area contributed by atoms with Crippen molar-refractivity contribution in [2.45, 2.75) is 32.8 Å². The molecular weight excluding hydrogens is 158 g/mol. The van der Waals surface area contributed by atoms with Crippen LogP contribution in [0.25, 0.3) is 0 Å². The van der Waals surface area contributed by atoms with E-state index in [0.29, 0.717) is 13.0 Å². The third-order valence-corrected chi connectivity index (χ3v) is 0.977. The first kappa shape index (κ1) is 10.9. The molecule has 0 spiro atoms. The van der Waals surface area contributed by atoms with Crippen molar-refractivity contribution in [3.63, 3.8) is 0 Å². The second-order valence-corrected chi connectivity index (χ2v) is 3.41. The predicted octanol–water partition coefficient (Wildman–Crippen LogP) is 0.464. The lowest BCUT2D eigenvalue weighted by atomic mass is 10.2. The molecule has 0 aromatic heterocycles. The number of carbonyl (C=O) groups is 2. The molecule has 4 heteroatoms. The van der Waals surface area contributed by atoms with Gasteiger partial charge in [0.1, 0.15) is 5.60 Å². The Morgan fingerprint density at radius 2 is 2.08 bits per heavy atom. The van der Waals surface area contributed by atoms with Gasteiger partial charge >= 0.3 is 5.97 Å². The minimum atomic E-state index is -0.446. The van der Waals surface area contributed by atoms with Crippen LogP contribution in [-0.2, 0) is 14.3 Å². The van der Waals surface area contributed by atoms with E-state index in [4.69, 9.17) is 4.74 Å². The van der Waals surface area contributed by atoms with Crippen LogP contribution in [0, 0.1) is 0 Å². The lowest BCUT2D eigenvalue weighted by molar-refractivity contribution is -0.154. The highest BCUT2D eigenvalue weighted by Gasteiger charge is 2.15. The second-order valence-electron chi connectivity index (χ2n) is 3.41. The summed E-state index contributed by atoms with van der Waals surface area (Å²) in [6.45, 7) is 5.74. The van der Waals surface area contributed by atoms with Gasteiger partial charge in [0.25, 0.3) is 0 Å². The van der Waals surface area contributed by atoms with E-state index in [0.717, 1.165) is 0 Å². The van der Waals surface area contributed by atoms with Gasteiger partial charge in [0.05, 0.1) is 6.42 Å². The number of nitrogens with one attached hydrogen (secondary N) is 1. The highest BCUT2D eigenvalue weighted by molar-refractivity contribution is 5.70. The summed E-state index contributed by atoms with van der Waals surface area (Å²) in [7, 11) is 0. The van der Waals surface area contributed by atoms with Gasteiger partial charge in [0, 0.05) is 6.54 Å². The predicted molar refractivity (Wildman–Crippen MR) is 44.5 cm³/mol. The van der Waals surface area contributed by atoms with Crippen molar-refractivity contribution in [2.75, 3.05) is 6.54 Å². The van der Waals surface area contributed by atoms with Crippen molar-refractivity contribution in [1.82, 2.24) is 5.32 Å². The van der Waals surface area contributed by atoms with E-state index in [1.807, 2.05) is 0 Å². The van der Waals surface area contributed by atoms with Crippen LogP contribution in [0.4, 0.5) is 0 Å². The number of carbonyl (C=O) groups excluding carboxylic acids is 2. The van der Waals surface area contributed by atoms with Crippen LogP contribution < -0.4 is 5.32 Å². The van der Waals surface area contributed by atoms with Crippen LogP contribution in [0.15, 0.2) is 0 Å². The van der Waals surface area contributed by atoms with Crippen LogP contribution >= 0.6 is 0 Å². The number of ether oxygens (including phenoxy) is 1. The number of hydrogen-bond donors (Lipinski definition) is 1. The molecule has 0 aliphatic carbocycles. The highest BCUT2D eigenvalue weighted by atomic mass is 16.6. The Bertz CT molecular complexity index is 160. The number of hydrogen-bond acceptors (Lipinski definition) is 3. The summed E-state index contributed by atoms with van der Waals surface area (Å²) in [5.41, 5.74) is -0.446. The van der Waals surface area contributed by atoms with Gasteiger partial charge in [-0.15, -0.1) is 0 Å². The smallest absolute Gasteiger partial charge is 0.308 e. The van der Waals surface area contributed by atoms with Gasteiger partial charge in [-0.25, -0.2) is 0 Å². The number of esters is 1. The van der Waals surface area contributed by atoms with Crippen LogP contribution in [0.3, 0.4) is 0 Å². The van der Waals surface area contributed by atoms with Crippen molar-refractivity contribution in [3.8, 4) is 0 Å². The van der Waals surface area contributed by atoms with Crippen molar-refractivity contribution < 1.29 is 14.3 Å². The largest absolute Gasteiger partial charge is 0.460 e. The summed E-state index contributed by atoms with van der Waals surface area (Å²) in [5.74, 6) is -0.295. The molecular formula is C8H15NO3. The van der Waals surface area contributed by atoms with E-state index in [9.17, 15) is 9.59 Å². The topological polar surface area (TPSA) is 55.4 Å². The van der Waals surface area contributed by atoms with E-state index < -0.39 is 5.60 Å². The van der Waals surface area contributed by atoms with E-state index in [2.05, 4.69) is 5.32 Å². The van der Waals surface area contributed by atoms with Crippen LogP contribution in [-0.4, -0.2) is 24.5 Å². The molecule has 70 valence electrons. The van der Waals surface area contributed by atoms with Gasteiger partial charge in [-0.1, -0.05) is 0 Å². The minimum absolute atomic E-state index is 0.218. The van der Waals surface area contributed by atoms with Gasteiger partial charge < -0.3 is 10.1 Å². The lowest BCUT2D eigenvalue weighted by Gasteiger charge is -2.19. The molecule has 1 N–H and O–H groups in total. The van der Waals surface area contributed by atoms with Crippen LogP contribution in [0.5, 0.6) is 0 Å². The molecule has 0 fully saturated rings. The molecule has 0 aromatic rings. The zero-order valence-corrected chi connectivity index (χ0v) is 7.72. The lowest BCUT2D eigenvalue weighted by Crippen LogP contribution is -2.26. The molecule has 0 heterocycles. The average Bonchev–Trinajstić information content (AvgIpc) is 1.84. The van der Waals surface area contributed by atoms with Crippen LogP contribution in [0.1, 0.15) is 27.2 Å². The third-order valence-electron chi connectivity index (χ3n) is 0.977. The van der Waals surface area contributed by atoms with E-state index in [1.54, 1.807) is 20.8 Å². The molecule has 0 saturated carbocycles. The van der Waals surface area contributed by atoms with E-state index in [1.165, 1.54) is 0 Å². The zero-order chi connectivity index (χ0) is 9.61. The average molecular weight is 173 g/mol. The molecule has 0 aliphatic heterocycles. The molecule has 0 bridgehead atoms. The van der Waals surface area contributed by atoms with E-state index >= 15 is 0 Å². The van der Waals surface area contributed by atoms with Gasteiger partial charge in [0.2, 0.25) is 6.41 Å². The molecule has 1 amide bonds. The Labute approximate surface area is 72.3 Å². The summed E-state index contributed by atoms with van der Waals surface area (Å²) < 4.78 is 4.99. The molecule has 0 rings (SSSR count). The van der Waals surface area contributed by atoms with Crippen LogP contribution in [0.2, 0.25) is 0 Å². The summed E-state index contributed by atoms with van der Waals surface area (Å²) in [6.07, 6.45) is 0.778. The molecule has 0 radical (unpaired) electrons. The second kappa shape index (κ2) is 4.74. The first-order valence-corrected chi connectivity index (χ1v) is 3.84. The highest BCUT2D eigenvalue weighted by Crippen LogP contribution is 2.07. The van der Waals surface area contributed by atoms with Gasteiger partial charge in [-0.3, -0.25) is 9.59 Å². The first-order valence-electron chi connectivity index (χ1n) is 3.84. The molecule has 0 aliphatic rings. The monoisotopic (exact) mass is 173 g/mol. The molecule has 0 saturated heterocycles. The van der Waals surface area contributed by atoms with Crippen molar-refractivity contribution in [3.05, 3.63) is 0 Å². The van der Waals surface area contributed by atoms with Gasteiger partial charge in [-0.2, -0.15) is 0 Å². The van der Waals surface area contributed by atoms with Crippen molar-refractivity contribution in [2.24, 2.45) is 0 Å². The fourth-order valence-corrected chi connectivity index (χ4v) is 0.626. The van der Waals surface area contributed by atoms with Crippen molar-refractivity contribution >= 4 is 12.4 Å². The minimum Gasteiger partial charge on any atom is -0.460 e. The summed E-state index contributed by atoms with van der Waals surface area (Å²) in [4.78, 5) is 20.8. The SMILES string of the molecule is CC(C)(C)OC(=O)CCNC=O. The number of amides is 1. The summed E-state index contributed by atoms with van der Waals surface area (Å²) in [5, 5.41) is 2.38. The molecule has 0 atom stereocenters. The Balaban J connectivity index is 3.53. The van der Waals surface area contributed by atoms with E-state index in [-0.39, 0.29) is 12.4 Å². The standard InChI is InChI=1S/C8H15NO3/c1-8(2,3)12-7(11)4-5-9-6-10/h6H,4-5H2,1-3H3,(H,9,10). The molecule has 4 nitrogen and oxygen atoms in total. The fraction of sp³-hybridized carbons (Fsp3) is 0.750. The third kappa shape index (κ3) is 7.05. The normalized spacial score (nSPS) is 10.6. The maximum atomic E-state index is 11.0. The quantitative estimate of drug-likeness (QED) is 0.382. The Morgan fingerprint density at radius 1 is 1.50 bits per heavy atom. The molecule has 0 unspecified atom stereocenters. The Hall–Kier alpha value is -1.06. The summed E-state index contributed by atoms with van der Waals surface area (Å²) >= 11 is 0. The Kier molecular flexibility index (Phi) is 4.33. The Morgan fingerprint density at radius 3 is 2.50 bits per heavy atom. The zero-order valence-electron chi connectivity index (χ0n) is 7.72. The molecule has 12 heavy (non-hydrogen) atoms. The number of rotatable bonds is 4.